The van der Waals surface area contributed by atoms with Crippen molar-refractivity contribution in [2.45, 2.75) is 20.0 Å². The third kappa shape index (κ3) is 5.11. The number of hydrogen-bond donors (Lipinski definition) is 1. The summed E-state index contributed by atoms with van der Waals surface area (Å²) in [4.78, 5) is 10.8. The lowest BCUT2D eigenvalue weighted by Gasteiger charge is -2.11. The van der Waals surface area contributed by atoms with Crippen LogP contribution in [-0.4, -0.2) is 34.1 Å². The van der Waals surface area contributed by atoms with E-state index >= 15 is 0 Å². The number of ether oxygens (including phenoxy) is 2. The van der Waals surface area contributed by atoms with Crippen LogP contribution in [0.4, 0.5) is 13.2 Å². The normalized spacial score (nSPS) is 12.1. The van der Waals surface area contributed by atoms with Gasteiger partial charge in [0.15, 0.2) is 18.1 Å². The summed E-state index contributed by atoms with van der Waals surface area (Å²) in [6.07, 6.45) is -2.69. The van der Waals surface area contributed by atoms with E-state index in [1.165, 1.54) is 16.8 Å². The van der Waals surface area contributed by atoms with Crippen LogP contribution in [0.3, 0.4) is 0 Å². The van der Waals surface area contributed by atoms with Gasteiger partial charge in [0.1, 0.15) is 0 Å². The van der Waals surface area contributed by atoms with Gasteiger partial charge in [0.2, 0.25) is 0 Å². The topological polar surface area (TPSA) is 73.6 Å². The zero-order valence-electron chi connectivity index (χ0n) is 17.4. The number of aliphatic carboxylic acids is 1. The molecule has 0 saturated carbocycles. The molecule has 3 aromatic rings. The second kappa shape index (κ2) is 9.17. The summed E-state index contributed by atoms with van der Waals surface area (Å²) in [5.41, 5.74) is 0.760. The fourth-order valence-corrected chi connectivity index (χ4v) is 3.11. The Morgan fingerprint density at radius 2 is 1.94 bits per heavy atom. The zero-order valence-corrected chi connectivity index (χ0v) is 17.4. The molecular weight excluding hydrogens is 425 g/mol. The van der Waals surface area contributed by atoms with E-state index in [1.807, 2.05) is 0 Å². The number of hydrogen-bond acceptors (Lipinski definition) is 4. The lowest BCUT2D eigenvalue weighted by atomic mass is 10.1. The van der Waals surface area contributed by atoms with Gasteiger partial charge in [-0.3, -0.25) is 0 Å². The fraction of sp³-hybridized carbons (Fsp3) is 0.217. The summed E-state index contributed by atoms with van der Waals surface area (Å²) in [6.45, 7) is 7.36. The van der Waals surface area contributed by atoms with Crippen molar-refractivity contribution in [2.24, 2.45) is 0 Å². The predicted octanol–water partition coefficient (Wildman–Crippen LogP) is 3.30. The zero-order chi connectivity index (χ0) is 23.5. The Morgan fingerprint density at radius 1 is 1.19 bits per heavy atom. The van der Waals surface area contributed by atoms with E-state index in [1.54, 1.807) is 38.1 Å². The molecule has 6 nitrogen and oxygen atoms in total. The number of nitrogens with zero attached hydrogens (tertiary/aromatic N) is 2. The summed E-state index contributed by atoms with van der Waals surface area (Å²) >= 11 is 0. The molecule has 0 aliphatic rings. The largest absolute Gasteiger partial charge is 0.490 e. The summed E-state index contributed by atoms with van der Waals surface area (Å²) in [6, 6.07) is 9.85. The molecule has 0 unspecified atom stereocenters. The average molecular weight is 446 g/mol. The molecule has 0 aliphatic heterocycles. The highest BCUT2D eigenvalue weighted by atomic mass is 19.4. The van der Waals surface area contributed by atoms with Crippen molar-refractivity contribution in [3.63, 3.8) is 0 Å². The second-order valence-electron chi connectivity index (χ2n) is 6.87. The molecule has 0 aliphatic carbocycles. The average Bonchev–Trinajstić information content (AvgIpc) is 3.01. The van der Waals surface area contributed by atoms with Crippen LogP contribution in [0.15, 0.2) is 42.5 Å². The van der Waals surface area contributed by atoms with Crippen molar-refractivity contribution in [3.8, 4) is 17.2 Å². The fourth-order valence-electron chi connectivity index (χ4n) is 3.11. The summed E-state index contributed by atoms with van der Waals surface area (Å²) in [5.74, 6) is -0.448. The van der Waals surface area contributed by atoms with Gasteiger partial charge >= 0.3 is 12.1 Å². The molecule has 0 saturated heterocycles. The van der Waals surface area contributed by atoms with Gasteiger partial charge in [-0.15, -0.1) is 0 Å². The third-order valence-electron chi connectivity index (χ3n) is 4.55. The molecule has 1 aromatic heterocycles. The van der Waals surface area contributed by atoms with Crippen molar-refractivity contribution < 1.29 is 32.5 Å². The molecular formula is C23H21F3N2O4. The molecule has 9 heteroatoms. The lowest BCUT2D eigenvalue weighted by molar-refractivity contribution is -0.139. The van der Waals surface area contributed by atoms with Crippen LogP contribution in [0.25, 0.3) is 18.3 Å². The van der Waals surface area contributed by atoms with Crippen molar-refractivity contribution >= 4 is 18.6 Å². The van der Waals surface area contributed by atoms with Crippen molar-refractivity contribution in [2.75, 3.05) is 13.2 Å². The second-order valence-corrected chi connectivity index (χ2v) is 6.87. The van der Waals surface area contributed by atoms with Crippen LogP contribution in [0, 0.1) is 6.92 Å². The smallest absolute Gasteiger partial charge is 0.416 e. The molecule has 0 spiro atoms. The number of aromatic nitrogens is 2. The molecule has 0 radical (unpaired) electrons. The van der Waals surface area contributed by atoms with Crippen LogP contribution < -0.4 is 20.0 Å². The van der Waals surface area contributed by atoms with Crippen molar-refractivity contribution in [1.29, 1.82) is 0 Å². The van der Waals surface area contributed by atoms with Crippen molar-refractivity contribution in [3.05, 3.63) is 69.9 Å². The maximum atomic E-state index is 13.1. The number of halogens is 3. The van der Waals surface area contributed by atoms with E-state index in [2.05, 4.69) is 11.7 Å². The van der Waals surface area contributed by atoms with Gasteiger partial charge in [-0.2, -0.15) is 18.3 Å². The van der Waals surface area contributed by atoms with E-state index < -0.39 is 24.3 Å². The summed E-state index contributed by atoms with van der Waals surface area (Å²) in [5, 5.41) is 14.2. The Morgan fingerprint density at radius 3 is 2.59 bits per heavy atom. The molecule has 0 fully saturated rings. The standard InChI is InChI=1S/C23H21F3N2O4/c1-4-31-21-11-16(8-9-20(21)32-13-22(29)30)10-19-14(2)27-28(15(19)3)18-7-5-6-17(12-18)23(24,25)26/h5-12H,3-4,13H2,1-2H3,(H,29,30)/b19-10+. The van der Waals surface area contributed by atoms with Gasteiger partial charge in [0.25, 0.3) is 0 Å². The highest BCUT2D eigenvalue weighted by molar-refractivity contribution is 5.68. The molecule has 0 bridgehead atoms. The first-order chi connectivity index (χ1) is 15.1. The predicted molar refractivity (Wildman–Crippen MR) is 112 cm³/mol. The molecule has 168 valence electrons. The quantitative estimate of drug-likeness (QED) is 0.603. The highest BCUT2D eigenvalue weighted by Gasteiger charge is 2.30. The summed E-state index contributed by atoms with van der Waals surface area (Å²) in [7, 11) is 0. The molecule has 2 aromatic carbocycles. The van der Waals surface area contributed by atoms with Crippen LogP contribution in [0.5, 0.6) is 11.5 Å². The van der Waals surface area contributed by atoms with Crippen molar-refractivity contribution in [1.82, 2.24) is 9.78 Å². The third-order valence-corrected chi connectivity index (χ3v) is 4.55. The van der Waals surface area contributed by atoms with E-state index in [-0.39, 0.29) is 11.4 Å². The van der Waals surface area contributed by atoms with Gasteiger partial charge < -0.3 is 14.6 Å². The van der Waals surface area contributed by atoms with Gasteiger partial charge in [0.05, 0.1) is 28.9 Å². The molecule has 3 rings (SSSR count). The molecule has 1 N–H and O–H groups in total. The molecule has 0 amide bonds. The van der Waals surface area contributed by atoms with Crippen LogP contribution >= 0.6 is 0 Å². The first-order valence-electron chi connectivity index (χ1n) is 9.65. The number of carboxylic acids is 1. The Kier molecular flexibility index (Phi) is 6.57. The Labute approximate surface area is 181 Å². The SMILES string of the molecule is C=c1/c(=C/c2ccc(OCC(=O)O)c(OCC)c2)c(C)nn1-c1cccc(C(F)(F)F)c1. The molecule has 32 heavy (non-hydrogen) atoms. The Bertz CT molecular complexity index is 1250. The molecule has 1 heterocycles. The number of carbonyl (C=O) groups is 1. The number of benzene rings is 2. The van der Waals surface area contributed by atoms with Crippen LogP contribution in [0.2, 0.25) is 0 Å². The van der Waals surface area contributed by atoms with Gasteiger partial charge in [-0.05, 0) is 55.8 Å². The minimum absolute atomic E-state index is 0.250. The van der Waals surface area contributed by atoms with E-state index in [4.69, 9.17) is 14.6 Å². The number of rotatable bonds is 7. The first-order valence-corrected chi connectivity index (χ1v) is 9.65. The monoisotopic (exact) mass is 446 g/mol. The van der Waals surface area contributed by atoms with E-state index in [9.17, 15) is 18.0 Å². The van der Waals surface area contributed by atoms with E-state index in [0.717, 1.165) is 12.1 Å². The number of alkyl halides is 3. The first kappa shape index (κ1) is 22.9. The molecule has 0 atom stereocenters. The minimum atomic E-state index is -4.46. The highest BCUT2D eigenvalue weighted by Crippen LogP contribution is 2.30. The van der Waals surface area contributed by atoms with Gasteiger partial charge in [-0.25, -0.2) is 9.48 Å². The van der Waals surface area contributed by atoms with E-state index in [0.29, 0.717) is 34.2 Å². The van der Waals surface area contributed by atoms with Crippen LogP contribution in [-0.2, 0) is 11.0 Å². The minimum Gasteiger partial charge on any atom is -0.490 e. The lowest BCUT2D eigenvalue weighted by Crippen LogP contribution is -2.28. The number of carboxylic acid groups (broad SMARTS) is 1. The van der Waals surface area contributed by atoms with Crippen LogP contribution in [0.1, 0.15) is 23.7 Å². The maximum absolute atomic E-state index is 13.1. The van der Waals surface area contributed by atoms with Gasteiger partial charge in [0, 0.05) is 5.22 Å². The maximum Gasteiger partial charge on any atom is 0.416 e. The van der Waals surface area contributed by atoms with Gasteiger partial charge in [-0.1, -0.05) is 18.7 Å². The Balaban J connectivity index is 2.04. The Hall–Kier alpha value is -3.75. The summed E-state index contributed by atoms with van der Waals surface area (Å²) < 4.78 is 51.4. The number of aryl methyl sites for hydroxylation is 1.